The minimum atomic E-state index is -0.416. The Morgan fingerprint density at radius 2 is 2.03 bits per heavy atom. The lowest BCUT2D eigenvalue weighted by atomic mass is 10.0. The average molecular weight is 393 g/mol. The maximum Gasteiger partial charge on any atom is 0.342 e. The number of pyridine rings is 1. The summed E-state index contributed by atoms with van der Waals surface area (Å²) < 4.78 is 6.97. The molecule has 4 rings (SSSR count). The molecule has 0 aliphatic carbocycles. The number of amides is 1. The summed E-state index contributed by atoms with van der Waals surface area (Å²) in [5.41, 5.74) is 2.79. The molecule has 150 valence electrons. The number of carbonyl (C=O) groups excluding carboxylic acids is 2. The number of aromatic nitrogens is 3. The van der Waals surface area contributed by atoms with Crippen LogP contribution in [0.15, 0.2) is 36.7 Å². The quantitative estimate of drug-likeness (QED) is 0.633. The third kappa shape index (κ3) is 3.41. The standard InChI is InChI=1S/C21H23N5O3/c1-4-29-21(28)19-14(2)16-7-5-6-8-17(16)23-20(19)25-9-10-26(18(27)13-25)15-11-22-24(3)12-15/h5-8,11-12H,4,9-10,13H2,1-3H3. The Hall–Kier alpha value is -3.42. The lowest BCUT2D eigenvalue weighted by molar-refractivity contribution is -0.117. The molecule has 0 bridgehead atoms. The lowest BCUT2D eigenvalue weighted by Gasteiger charge is -2.35. The molecule has 0 spiro atoms. The minimum absolute atomic E-state index is 0.0633. The van der Waals surface area contributed by atoms with E-state index in [0.29, 0.717) is 24.5 Å². The first-order valence-corrected chi connectivity index (χ1v) is 9.60. The normalized spacial score (nSPS) is 14.5. The highest BCUT2D eigenvalue weighted by Crippen LogP contribution is 2.30. The maximum absolute atomic E-state index is 12.8. The smallest absolute Gasteiger partial charge is 0.342 e. The number of aryl methyl sites for hydroxylation is 2. The van der Waals surface area contributed by atoms with Crippen molar-refractivity contribution in [3.63, 3.8) is 0 Å². The molecule has 2 aromatic heterocycles. The Kier molecular flexibility index (Phi) is 4.92. The van der Waals surface area contributed by atoms with Crippen LogP contribution in [-0.4, -0.2) is 52.9 Å². The van der Waals surface area contributed by atoms with Crippen molar-refractivity contribution >= 4 is 34.3 Å². The van der Waals surface area contributed by atoms with Crippen LogP contribution in [0.2, 0.25) is 0 Å². The molecule has 1 aliphatic heterocycles. The summed E-state index contributed by atoms with van der Waals surface area (Å²) in [6.07, 6.45) is 3.49. The van der Waals surface area contributed by atoms with E-state index in [0.717, 1.165) is 22.2 Å². The second kappa shape index (κ2) is 7.54. The van der Waals surface area contributed by atoms with Gasteiger partial charge >= 0.3 is 5.97 Å². The molecule has 1 fully saturated rings. The molecule has 3 aromatic rings. The highest BCUT2D eigenvalue weighted by atomic mass is 16.5. The van der Waals surface area contributed by atoms with E-state index in [2.05, 4.69) is 5.10 Å². The van der Waals surface area contributed by atoms with Crippen LogP contribution in [0.25, 0.3) is 10.9 Å². The Labute approximate surface area is 168 Å². The number of hydrogen-bond donors (Lipinski definition) is 0. The summed E-state index contributed by atoms with van der Waals surface area (Å²) in [6, 6.07) is 7.68. The van der Waals surface area contributed by atoms with E-state index in [1.165, 1.54) is 0 Å². The molecule has 1 saturated heterocycles. The number of rotatable bonds is 4. The van der Waals surface area contributed by atoms with Gasteiger partial charge in [-0.1, -0.05) is 18.2 Å². The second-order valence-corrected chi connectivity index (χ2v) is 7.01. The van der Waals surface area contributed by atoms with E-state index in [-0.39, 0.29) is 19.1 Å². The minimum Gasteiger partial charge on any atom is -0.462 e. The molecule has 1 aliphatic rings. The Bertz CT molecular complexity index is 1090. The van der Waals surface area contributed by atoms with E-state index in [4.69, 9.17) is 9.72 Å². The molecule has 0 atom stereocenters. The monoisotopic (exact) mass is 393 g/mol. The molecule has 0 radical (unpaired) electrons. The highest BCUT2D eigenvalue weighted by Gasteiger charge is 2.31. The molecule has 0 saturated carbocycles. The van der Waals surface area contributed by atoms with Gasteiger partial charge in [0.05, 0.1) is 30.6 Å². The number of fused-ring (bicyclic) bond motifs is 1. The Morgan fingerprint density at radius 1 is 1.24 bits per heavy atom. The van der Waals surface area contributed by atoms with Crippen LogP contribution in [0.3, 0.4) is 0 Å². The first kappa shape index (κ1) is 18.9. The molecular weight excluding hydrogens is 370 g/mol. The number of anilines is 2. The zero-order chi connectivity index (χ0) is 20.5. The number of nitrogens with zero attached hydrogens (tertiary/aromatic N) is 5. The van der Waals surface area contributed by atoms with Gasteiger partial charge in [0.2, 0.25) is 5.91 Å². The number of hydrogen-bond acceptors (Lipinski definition) is 6. The van der Waals surface area contributed by atoms with Crippen LogP contribution >= 0.6 is 0 Å². The fourth-order valence-corrected chi connectivity index (χ4v) is 3.71. The lowest BCUT2D eigenvalue weighted by Crippen LogP contribution is -2.51. The van der Waals surface area contributed by atoms with Gasteiger partial charge in [-0.2, -0.15) is 5.10 Å². The van der Waals surface area contributed by atoms with Gasteiger partial charge < -0.3 is 14.5 Å². The topological polar surface area (TPSA) is 80.6 Å². The van der Waals surface area contributed by atoms with E-state index in [9.17, 15) is 9.59 Å². The van der Waals surface area contributed by atoms with Gasteiger partial charge in [0, 0.05) is 31.7 Å². The maximum atomic E-state index is 12.8. The van der Waals surface area contributed by atoms with Crippen LogP contribution in [0.4, 0.5) is 11.5 Å². The summed E-state index contributed by atoms with van der Waals surface area (Å²) in [7, 11) is 1.82. The molecule has 1 aromatic carbocycles. The largest absolute Gasteiger partial charge is 0.462 e. The summed E-state index contributed by atoms with van der Waals surface area (Å²) >= 11 is 0. The van der Waals surface area contributed by atoms with Crippen LogP contribution in [0.5, 0.6) is 0 Å². The van der Waals surface area contributed by atoms with Gasteiger partial charge in [0.15, 0.2) is 0 Å². The Balaban J connectivity index is 1.72. The zero-order valence-electron chi connectivity index (χ0n) is 16.8. The first-order valence-electron chi connectivity index (χ1n) is 9.60. The predicted molar refractivity (Wildman–Crippen MR) is 110 cm³/mol. The number of esters is 1. The number of piperazine rings is 1. The van der Waals surface area contributed by atoms with E-state index >= 15 is 0 Å². The summed E-state index contributed by atoms with van der Waals surface area (Å²) in [5.74, 6) is 0.0194. The number of benzene rings is 1. The predicted octanol–water partition coefficient (Wildman–Crippen LogP) is 2.31. The van der Waals surface area contributed by atoms with Gasteiger partial charge in [0.1, 0.15) is 11.4 Å². The number of para-hydroxylation sites is 1. The van der Waals surface area contributed by atoms with Crippen molar-refractivity contribution in [2.75, 3.05) is 36.0 Å². The van der Waals surface area contributed by atoms with Crippen LogP contribution < -0.4 is 9.80 Å². The van der Waals surface area contributed by atoms with Gasteiger partial charge in [-0.05, 0) is 25.5 Å². The van der Waals surface area contributed by atoms with Crippen molar-refractivity contribution in [2.24, 2.45) is 7.05 Å². The molecule has 8 nitrogen and oxygen atoms in total. The third-order valence-corrected chi connectivity index (χ3v) is 5.14. The van der Waals surface area contributed by atoms with Crippen LogP contribution in [0.1, 0.15) is 22.8 Å². The van der Waals surface area contributed by atoms with Crippen LogP contribution in [0, 0.1) is 6.92 Å². The molecule has 29 heavy (non-hydrogen) atoms. The van der Waals surface area contributed by atoms with Crippen molar-refractivity contribution in [1.82, 2.24) is 14.8 Å². The number of carbonyl (C=O) groups is 2. The second-order valence-electron chi connectivity index (χ2n) is 7.01. The van der Waals surface area contributed by atoms with Gasteiger partial charge in [0.25, 0.3) is 0 Å². The highest BCUT2D eigenvalue weighted by molar-refractivity contribution is 6.04. The van der Waals surface area contributed by atoms with E-state index in [1.807, 2.05) is 49.3 Å². The molecular formula is C21H23N5O3. The summed E-state index contributed by atoms with van der Waals surface area (Å²) in [6.45, 7) is 5.12. The average Bonchev–Trinajstić information content (AvgIpc) is 3.14. The van der Waals surface area contributed by atoms with E-state index < -0.39 is 5.97 Å². The summed E-state index contributed by atoms with van der Waals surface area (Å²) in [5, 5.41) is 5.05. The fraction of sp³-hybridized carbons (Fsp3) is 0.333. The zero-order valence-corrected chi connectivity index (χ0v) is 16.8. The summed E-state index contributed by atoms with van der Waals surface area (Å²) in [4.78, 5) is 33.9. The van der Waals surface area contributed by atoms with Gasteiger partial charge in [-0.3, -0.25) is 9.48 Å². The van der Waals surface area contributed by atoms with Crippen molar-refractivity contribution in [3.8, 4) is 0 Å². The molecule has 0 unspecified atom stereocenters. The van der Waals surface area contributed by atoms with Gasteiger partial charge in [-0.15, -0.1) is 0 Å². The first-order chi connectivity index (χ1) is 14.0. The molecule has 8 heteroatoms. The SMILES string of the molecule is CCOC(=O)c1c(N2CCN(c3cnn(C)c3)C(=O)C2)nc2ccccc2c1C. The fourth-order valence-electron chi connectivity index (χ4n) is 3.71. The number of ether oxygens (including phenoxy) is 1. The van der Waals surface area contributed by atoms with Crippen molar-refractivity contribution in [1.29, 1.82) is 0 Å². The van der Waals surface area contributed by atoms with Crippen molar-refractivity contribution in [3.05, 3.63) is 47.8 Å². The van der Waals surface area contributed by atoms with E-state index in [1.54, 1.807) is 22.7 Å². The Morgan fingerprint density at radius 3 is 2.72 bits per heavy atom. The third-order valence-electron chi connectivity index (χ3n) is 5.14. The molecule has 0 N–H and O–H groups in total. The van der Waals surface area contributed by atoms with Crippen molar-refractivity contribution in [2.45, 2.75) is 13.8 Å². The molecule has 1 amide bonds. The van der Waals surface area contributed by atoms with Crippen LogP contribution in [-0.2, 0) is 16.6 Å². The van der Waals surface area contributed by atoms with Crippen molar-refractivity contribution < 1.29 is 14.3 Å². The van der Waals surface area contributed by atoms with Gasteiger partial charge in [-0.25, -0.2) is 9.78 Å². The molecule has 3 heterocycles.